The Labute approximate surface area is 89.4 Å². The molecule has 0 fully saturated rings. The molecule has 1 heterocycles. The van der Waals surface area contributed by atoms with Crippen molar-refractivity contribution in [1.29, 1.82) is 0 Å². The topological polar surface area (TPSA) is 45.1 Å². The van der Waals surface area contributed by atoms with Gasteiger partial charge in [0.1, 0.15) is 5.82 Å². The third-order valence-electron chi connectivity index (χ3n) is 2.37. The first kappa shape index (κ1) is 12.1. The summed E-state index contributed by atoms with van der Waals surface area (Å²) in [7, 11) is 0. The first-order valence-corrected chi connectivity index (χ1v) is 5.10. The van der Waals surface area contributed by atoms with Gasteiger partial charge in [0.25, 0.3) is 0 Å². The second-order valence-corrected chi connectivity index (χ2v) is 3.77. The summed E-state index contributed by atoms with van der Waals surface area (Å²) in [5.41, 5.74) is -0.516. The molecule has 0 bridgehead atoms. The first-order chi connectivity index (χ1) is 7.06. The van der Waals surface area contributed by atoms with Gasteiger partial charge in [0.05, 0.1) is 11.8 Å². The summed E-state index contributed by atoms with van der Waals surface area (Å²) in [5, 5.41) is 13.2. The number of hydrogen-bond acceptors (Lipinski definition) is 3. The van der Waals surface area contributed by atoms with Gasteiger partial charge in [-0.25, -0.2) is 4.39 Å². The van der Waals surface area contributed by atoms with E-state index in [1.807, 2.05) is 6.92 Å². The van der Waals surface area contributed by atoms with Crippen molar-refractivity contribution in [1.82, 2.24) is 10.3 Å². The molecule has 0 spiro atoms. The van der Waals surface area contributed by atoms with Crippen LogP contribution in [0.25, 0.3) is 0 Å². The zero-order valence-corrected chi connectivity index (χ0v) is 9.13. The molecule has 0 aliphatic rings. The van der Waals surface area contributed by atoms with E-state index < -0.39 is 11.4 Å². The third-order valence-corrected chi connectivity index (χ3v) is 2.37. The van der Waals surface area contributed by atoms with E-state index in [0.29, 0.717) is 18.5 Å². The van der Waals surface area contributed by atoms with Crippen molar-refractivity contribution >= 4 is 0 Å². The maximum atomic E-state index is 12.9. The quantitative estimate of drug-likeness (QED) is 0.726. The van der Waals surface area contributed by atoms with Gasteiger partial charge in [-0.2, -0.15) is 0 Å². The van der Waals surface area contributed by atoms with E-state index in [-0.39, 0.29) is 0 Å². The van der Waals surface area contributed by atoms with E-state index in [1.54, 1.807) is 6.92 Å². The number of pyridine rings is 1. The van der Waals surface area contributed by atoms with E-state index in [0.717, 1.165) is 12.7 Å². The van der Waals surface area contributed by atoms with E-state index in [2.05, 4.69) is 10.3 Å². The summed E-state index contributed by atoms with van der Waals surface area (Å²) >= 11 is 0. The van der Waals surface area contributed by atoms with Crippen LogP contribution in [-0.2, 0) is 5.60 Å². The minimum atomic E-state index is -1.03. The minimum Gasteiger partial charge on any atom is -0.385 e. The molecule has 3 nitrogen and oxygen atoms in total. The molecule has 1 atom stereocenters. The lowest BCUT2D eigenvalue weighted by atomic mass is 9.94. The Balaban J connectivity index is 2.67. The van der Waals surface area contributed by atoms with Crippen molar-refractivity contribution < 1.29 is 9.50 Å². The number of aliphatic hydroxyl groups is 1. The average molecular weight is 212 g/mol. The zero-order chi connectivity index (χ0) is 11.3. The predicted molar refractivity (Wildman–Crippen MR) is 56.9 cm³/mol. The van der Waals surface area contributed by atoms with Crippen LogP contribution in [0, 0.1) is 5.82 Å². The van der Waals surface area contributed by atoms with Crippen LogP contribution in [0.2, 0.25) is 0 Å². The van der Waals surface area contributed by atoms with Crippen molar-refractivity contribution in [2.24, 2.45) is 0 Å². The molecule has 4 heteroatoms. The van der Waals surface area contributed by atoms with Gasteiger partial charge in [-0.05, 0) is 32.5 Å². The van der Waals surface area contributed by atoms with Crippen molar-refractivity contribution in [2.45, 2.75) is 25.9 Å². The maximum absolute atomic E-state index is 12.9. The Hall–Kier alpha value is -1.00. The molecule has 84 valence electrons. The molecule has 1 aromatic heterocycles. The Morgan fingerprint density at radius 3 is 2.87 bits per heavy atom. The maximum Gasteiger partial charge on any atom is 0.141 e. The van der Waals surface area contributed by atoms with Gasteiger partial charge in [-0.3, -0.25) is 4.98 Å². The van der Waals surface area contributed by atoms with Crippen LogP contribution in [0.3, 0.4) is 0 Å². The lowest BCUT2D eigenvalue weighted by Gasteiger charge is -2.23. The molecule has 0 aliphatic heterocycles. The summed E-state index contributed by atoms with van der Waals surface area (Å²) in [6, 6.07) is 1.32. The van der Waals surface area contributed by atoms with Crippen LogP contribution in [-0.4, -0.2) is 23.2 Å². The lowest BCUT2D eigenvalue weighted by molar-refractivity contribution is 0.0475. The Kier molecular flexibility index (Phi) is 4.17. The Bertz CT molecular complexity index is 315. The second-order valence-electron chi connectivity index (χ2n) is 3.77. The van der Waals surface area contributed by atoms with Gasteiger partial charge >= 0.3 is 0 Å². The fourth-order valence-corrected chi connectivity index (χ4v) is 1.36. The first-order valence-electron chi connectivity index (χ1n) is 5.10. The van der Waals surface area contributed by atoms with Gasteiger partial charge in [0.15, 0.2) is 0 Å². The van der Waals surface area contributed by atoms with Crippen molar-refractivity contribution in [3.63, 3.8) is 0 Å². The molecule has 0 amide bonds. The van der Waals surface area contributed by atoms with Gasteiger partial charge in [-0.15, -0.1) is 0 Å². The Morgan fingerprint density at radius 2 is 2.27 bits per heavy atom. The van der Waals surface area contributed by atoms with Crippen molar-refractivity contribution in [2.75, 3.05) is 13.1 Å². The van der Waals surface area contributed by atoms with Crippen molar-refractivity contribution in [3.05, 3.63) is 29.8 Å². The molecule has 2 N–H and O–H groups in total. The molecule has 0 radical (unpaired) electrons. The fraction of sp³-hybridized carbons (Fsp3) is 0.545. The van der Waals surface area contributed by atoms with Gasteiger partial charge in [0, 0.05) is 11.8 Å². The molecule has 0 saturated heterocycles. The van der Waals surface area contributed by atoms with Crippen molar-refractivity contribution in [3.8, 4) is 0 Å². The molecule has 1 unspecified atom stereocenters. The molecule has 0 aliphatic carbocycles. The highest BCUT2D eigenvalue weighted by Gasteiger charge is 2.23. The standard InChI is InChI=1S/C11H17FN2O/c1-3-13-5-4-11(2,15)9-6-10(12)8-14-7-9/h6-8,13,15H,3-5H2,1-2H3. The van der Waals surface area contributed by atoms with Gasteiger partial charge < -0.3 is 10.4 Å². The monoisotopic (exact) mass is 212 g/mol. The highest BCUT2D eigenvalue weighted by molar-refractivity contribution is 5.17. The van der Waals surface area contributed by atoms with Crippen LogP contribution in [0.5, 0.6) is 0 Å². The number of hydrogen-bond donors (Lipinski definition) is 2. The smallest absolute Gasteiger partial charge is 0.141 e. The van der Waals surface area contributed by atoms with E-state index in [4.69, 9.17) is 0 Å². The van der Waals surface area contributed by atoms with E-state index >= 15 is 0 Å². The molecular formula is C11H17FN2O. The summed E-state index contributed by atoms with van der Waals surface area (Å²) in [5.74, 6) is -0.420. The molecule has 0 saturated carbocycles. The number of nitrogens with zero attached hydrogens (tertiary/aromatic N) is 1. The third kappa shape index (κ3) is 3.57. The van der Waals surface area contributed by atoms with Gasteiger partial charge in [-0.1, -0.05) is 6.92 Å². The highest BCUT2D eigenvalue weighted by Crippen LogP contribution is 2.23. The molecule has 1 aromatic rings. The van der Waals surface area contributed by atoms with Crippen LogP contribution in [0.1, 0.15) is 25.8 Å². The summed E-state index contributed by atoms with van der Waals surface area (Å²) in [4.78, 5) is 3.72. The minimum absolute atomic E-state index is 0.420. The molecule has 15 heavy (non-hydrogen) atoms. The van der Waals surface area contributed by atoms with E-state index in [1.165, 1.54) is 12.3 Å². The average Bonchev–Trinajstić information content (AvgIpc) is 2.18. The molecular weight excluding hydrogens is 195 g/mol. The number of halogens is 1. The summed E-state index contributed by atoms with van der Waals surface area (Å²) in [6.07, 6.45) is 3.16. The summed E-state index contributed by atoms with van der Waals surface area (Å²) in [6.45, 7) is 5.22. The number of aromatic nitrogens is 1. The molecule has 0 aromatic carbocycles. The van der Waals surface area contributed by atoms with Crippen LogP contribution in [0.4, 0.5) is 4.39 Å². The second kappa shape index (κ2) is 5.19. The normalized spacial score (nSPS) is 14.9. The lowest BCUT2D eigenvalue weighted by Crippen LogP contribution is -2.28. The fourth-order valence-electron chi connectivity index (χ4n) is 1.36. The number of rotatable bonds is 5. The molecule has 1 rings (SSSR count). The Morgan fingerprint density at radius 1 is 1.53 bits per heavy atom. The van der Waals surface area contributed by atoms with E-state index in [9.17, 15) is 9.50 Å². The highest BCUT2D eigenvalue weighted by atomic mass is 19.1. The largest absolute Gasteiger partial charge is 0.385 e. The number of nitrogens with one attached hydrogen (secondary N) is 1. The van der Waals surface area contributed by atoms with Crippen LogP contribution in [0.15, 0.2) is 18.5 Å². The SMILES string of the molecule is CCNCCC(C)(O)c1cncc(F)c1. The summed E-state index contributed by atoms with van der Waals surface area (Å²) < 4.78 is 12.9. The zero-order valence-electron chi connectivity index (χ0n) is 9.13. The van der Waals surface area contributed by atoms with Crippen LogP contribution < -0.4 is 5.32 Å². The predicted octanol–water partition coefficient (Wildman–Crippen LogP) is 1.43. The van der Waals surface area contributed by atoms with Crippen LogP contribution >= 0.6 is 0 Å². The van der Waals surface area contributed by atoms with Gasteiger partial charge in [0.2, 0.25) is 0 Å².